The highest BCUT2D eigenvalue weighted by Crippen LogP contribution is 2.42. The van der Waals surface area contributed by atoms with Gasteiger partial charge < -0.3 is 15.6 Å². The zero-order valence-electron chi connectivity index (χ0n) is 12.0. The van der Waals surface area contributed by atoms with Gasteiger partial charge in [-0.15, -0.1) is 0 Å². The third-order valence-electron chi connectivity index (χ3n) is 4.30. The summed E-state index contributed by atoms with van der Waals surface area (Å²) in [5.41, 5.74) is 5.72. The van der Waals surface area contributed by atoms with E-state index in [1.165, 1.54) is 0 Å². The number of rotatable bonds is 8. The first-order valence-electron chi connectivity index (χ1n) is 7.54. The summed E-state index contributed by atoms with van der Waals surface area (Å²) in [5.74, 6) is 0.609. The van der Waals surface area contributed by atoms with Crippen LogP contribution in [0, 0.1) is 5.92 Å². The highest BCUT2D eigenvalue weighted by molar-refractivity contribution is 5.86. The number of aliphatic hydroxyl groups excluding tert-OH is 1. The van der Waals surface area contributed by atoms with Crippen LogP contribution in [0.15, 0.2) is 24.3 Å². The van der Waals surface area contributed by atoms with Gasteiger partial charge in [0.15, 0.2) is 0 Å². The summed E-state index contributed by atoms with van der Waals surface area (Å²) in [7, 11) is 0. The first-order valence-corrected chi connectivity index (χ1v) is 7.54. The number of amides is 1. The van der Waals surface area contributed by atoms with Crippen LogP contribution in [0.4, 0.5) is 0 Å². The van der Waals surface area contributed by atoms with Crippen molar-refractivity contribution in [1.29, 1.82) is 0 Å². The van der Waals surface area contributed by atoms with Gasteiger partial charge in [-0.2, -0.15) is 0 Å². The van der Waals surface area contributed by atoms with Gasteiger partial charge in [0, 0.05) is 6.04 Å². The lowest BCUT2D eigenvalue weighted by Crippen LogP contribution is -2.61. The lowest BCUT2D eigenvalue weighted by Gasteiger charge is -2.32. The Morgan fingerprint density at radius 2 is 2.14 bits per heavy atom. The average molecular weight is 290 g/mol. The van der Waals surface area contributed by atoms with Gasteiger partial charge in [-0.3, -0.25) is 10.1 Å². The fourth-order valence-corrected chi connectivity index (χ4v) is 2.72. The number of hydrogen-bond donors (Lipinski definition) is 3. The Kier molecular flexibility index (Phi) is 3.87. The Morgan fingerprint density at radius 1 is 1.38 bits per heavy atom. The molecule has 5 nitrogen and oxygen atoms in total. The molecule has 0 saturated heterocycles. The van der Waals surface area contributed by atoms with E-state index in [-0.39, 0.29) is 25.0 Å². The van der Waals surface area contributed by atoms with E-state index in [4.69, 9.17) is 15.6 Å². The zero-order chi connectivity index (χ0) is 14.9. The van der Waals surface area contributed by atoms with Crippen LogP contribution >= 0.6 is 0 Å². The van der Waals surface area contributed by atoms with Crippen LogP contribution in [-0.2, 0) is 11.4 Å². The first-order chi connectivity index (χ1) is 10.1. The lowest BCUT2D eigenvalue weighted by atomic mass is 9.93. The first kappa shape index (κ1) is 14.4. The highest BCUT2D eigenvalue weighted by atomic mass is 16.5. The predicted octanol–water partition coefficient (Wildman–Crippen LogP) is 0.944. The summed E-state index contributed by atoms with van der Waals surface area (Å²) in [5, 5.41) is 12.6. The average Bonchev–Trinajstić information content (AvgIpc) is 3.36. The molecule has 4 N–H and O–H groups in total. The maximum atomic E-state index is 12.1. The molecule has 3 rings (SSSR count). The SMILES string of the molecule is NC(=O)C(COc1cccc(CO)c1)(NC1CC1)C1CC1. The van der Waals surface area contributed by atoms with Crippen molar-refractivity contribution in [2.45, 2.75) is 43.9 Å². The van der Waals surface area contributed by atoms with Crippen molar-refractivity contribution in [3.63, 3.8) is 0 Å². The Balaban J connectivity index is 1.72. The Hall–Kier alpha value is -1.59. The minimum Gasteiger partial charge on any atom is -0.491 e. The normalized spacial score (nSPS) is 20.8. The van der Waals surface area contributed by atoms with Crippen LogP contribution < -0.4 is 15.8 Å². The molecule has 114 valence electrons. The monoisotopic (exact) mass is 290 g/mol. The molecule has 1 unspecified atom stereocenters. The fraction of sp³-hybridized carbons (Fsp3) is 0.562. The molecule has 21 heavy (non-hydrogen) atoms. The second-order valence-electron chi connectivity index (χ2n) is 6.12. The minimum atomic E-state index is -0.754. The molecule has 0 aliphatic heterocycles. The number of carbonyl (C=O) groups excluding carboxylic acids is 1. The molecule has 2 saturated carbocycles. The molecule has 0 radical (unpaired) electrons. The van der Waals surface area contributed by atoms with Crippen molar-refractivity contribution in [3.05, 3.63) is 29.8 Å². The Morgan fingerprint density at radius 3 is 2.71 bits per heavy atom. The largest absolute Gasteiger partial charge is 0.491 e. The molecule has 5 heteroatoms. The van der Waals surface area contributed by atoms with E-state index in [0.717, 1.165) is 31.2 Å². The Bertz CT molecular complexity index is 526. The number of nitrogens with one attached hydrogen (secondary N) is 1. The summed E-state index contributed by atoms with van der Waals surface area (Å²) in [6.45, 7) is 0.222. The quantitative estimate of drug-likeness (QED) is 0.665. The van der Waals surface area contributed by atoms with Crippen LogP contribution in [0.5, 0.6) is 5.75 Å². The van der Waals surface area contributed by atoms with E-state index < -0.39 is 5.54 Å². The number of ether oxygens (including phenoxy) is 1. The molecular weight excluding hydrogens is 268 g/mol. The van der Waals surface area contributed by atoms with Crippen molar-refractivity contribution < 1.29 is 14.6 Å². The molecule has 2 aliphatic rings. The number of hydrogen-bond acceptors (Lipinski definition) is 4. The number of carbonyl (C=O) groups is 1. The molecule has 0 heterocycles. The molecule has 0 aromatic heterocycles. The van der Waals surface area contributed by atoms with Crippen molar-refractivity contribution in [2.75, 3.05) is 6.61 Å². The summed E-state index contributed by atoms with van der Waals surface area (Å²) in [6, 6.07) is 7.67. The summed E-state index contributed by atoms with van der Waals surface area (Å²) in [4.78, 5) is 12.1. The van der Waals surface area contributed by atoms with E-state index in [1.807, 2.05) is 18.2 Å². The molecule has 1 aromatic carbocycles. The fourth-order valence-electron chi connectivity index (χ4n) is 2.72. The lowest BCUT2D eigenvalue weighted by molar-refractivity contribution is -0.126. The predicted molar refractivity (Wildman–Crippen MR) is 78.7 cm³/mol. The van der Waals surface area contributed by atoms with Gasteiger partial charge >= 0.3 is 0 Å². The van der Waals surface area contributed by atoms with E-state index in [0.29, 0.717) is 11.8 Å². The van der Waals surface area contributed by atoms with E-state index >= 15 is 0 Å². The van der Waals surface area contributed by atoms with Gasteiger partial charge in [0.05, 0.1) is 6.61 Å². The van der Waals surface area contributed by atoms with Crippen molar-refractivity contribution in [3.8, 4) is 5.75 Å². The second kappa shape index (κ2) is 5.66. The van der Waals surface area contributed by atoms with Crippen LogP contribution in [0.25, 0.3) is 0 Å². The second-order valence-corrected chi connectivity index (χ2v) is 6.12. The third-order valence-corrected chi connectivity index (χ3v) is 4.30. The molecular formula is C16H22N2O3. The molecule has 1 atom stereocenters. The Labute approximate surface area is 124 Å². The summed E-state index contributed by atoms with van der Waals surface area (Å²) < 4.78 is 5.83. The molecule has 1 amide bonds. The third kappa shape index (κ3) is 3.19. The van der Waals surface area contributed by atoms with Crippen LogP contribution in [-0.4, -0.2) is 29.2 Å². The summed E-state index contributed by atoms with van der Waals surface area (Å²) in [6.07, 6.45) is 4.23. The van der Waals surface area contributed by atoms with Crippen molar-refractivity contribution in [1.82, 2.24) is 5.32 Å². The molecule has 0 bridgehead atoms. The van der Waals surface area contributed by atoms with Crippen LogP contribution in [0.2, 0.25) is 0 Å². The van der Waals surface area contributed by atoms with Gasteiger partial charge in [-0.05, 0) is 49.3 Å². The smallest absolute Gasteiger partial charge is 0.241 e. The van der Waals surface area contributed by atoms with Gasteiger partial charge in [0.25, 0.3) is 0 Å². The topological polar surface area (TPSA) is 84.6 Å². The van der Waals surface area contributed by atoms with Crippen LogP contribution in [0.3, 0.4) is 0 Å². The van der Waals surface area contributed by atoms with Gasteiger partial charge in [-0.1, -0.05) is 12.1 Å². The van der Waals surface area contributed by atoms with Gasteiger partial charge in [0.2, 0.25) is 5.91 Å². The standard InChI is InChI=1S/C16H22N2O3/c17-15(20)16(12-4-5-12,18-13-6-7-13)10-21-14-3-1-2-11(8-14)9-19/h1-3,8,12-13,18-19H,4-7,9-10H2,(H2,17,20). The van der Waals surface area contributed by atoms with E-state index in [1.54, 1.807) is 6.07 Å². The number of primary amides is 1. The molecule has 0 spiro atoms. The van der Waals surface area contributed by atoms with Crippen molar-refractivity contribution >= 4 is 5.91 Å². The number of aliphatic hydroxyl groups is 1. The molecule has 2 aliphatic carbocycles. The van der Waals surface area contributed by atoms with E-state index in [9.17, 15) is 4.79 Å². The maximum Gasteiger partial charge on any atom is 0.241 e. The highest BCUT2D eigenvalue weighted by Gasteiger charge is 2.52. The van der Waals surface area contributed by atoms with E-state index in [2.05, 4.69) is 5.32 Å². The van der Waals surface area contributed by atoms with Crippen LogP contribution in [0.1, 0.15) is 31.2 Å². The van der Waals surface area contributed by atoms with Gasteiger partial charge in [0.1, 0.15) is 17.9 Å². The molecule has 1 aromatic rings. The number of benzene rings is 1. The van der Waals surface area contributed by atoms with Gasteiger partial charge in [-0.25, -0.2) is 0 Å². The minimum absolute atomic E-state index is 0.0267. The summed E-state index contributed by atoms with van der Waals surface area (Å²) >= 11 is 0. The maximum absolute atomic E-state index is 12.1. The molecule has 2 fully saturated rings. The zero-order valence-corrected chi connectivity index (χ0v) is 12.0. The van der Waals surface area contributed by atoms with Crippen molar-refractivity contribution in [2.24, 2.45) is 11.7 Å². The number of nitrogens with two attached hydrogens (primary N) is 1.